The van der Waals surface area contributed by atoms with E-state index in [1.54, 1.807) is 23.1 Å². The second-order valence-corrected chi connectivity index (χ2v) is 9.96. The van der Waals surface area contributed by atoms with Crippen molar-refractivity contribution in [3.8, 4) is 0 Å². The average molecular weight is 509 g/mol. The topological polar surface area (TPSA) is 49.4 Å². The molecule has 3 aromatic rings. The maximum absolute atomic E-state index is 13.8. The molecule has 0 saturated heterocycles. The highest BCUT2D eigenvalue weighted by Gasteiger charge is 2.32. The predicted octanol–water partition coefficient (Wildman–Crippen LogP) is 6.23. The van der Waals surface area contributed by atoms with Gasteiger partial charge in [-0.1, -0.05) is 96.7 Å². The molecule has 0 bridgehead atoms. The normalized spacial score (nSPS) is 14.5. The minimum Gasteiger partial charge on any atom is -0.352 e. The van der Waals surface area contributed by atoms with Gasteiger partial charge in [-0.05, 0) is 47.7 Å². The van der Waals surface area contributed by atoms with Crippen LogP contribution in [0.15, 0.2) is 78.9 Å². The van der Waals surface area contributed by atoms with Gasteiger partial charge in [0.2, 0.25) is 11.8 Å². The van der Waals surface area contributed by atoms with Crippen molar-refractivity contribution in [3.63, 3.8) is 0 Å². The number of halogens is 2. The number of carbonyl (C=O) groups is 2. The van der Waals surface area contributed by atoms with Gasteiger partial charge in [0.1, 0.15) is 6.04 Å². The molecule has 1 fully saturated rings. The Morgan fingerprint density at radius 1 is 0.886 bits per heavy atom. The molecular formula is C29H30Cl2N2O2. The Morgan fingerprint density at radius 3 is 2.29 bits per heavy atom. The van der Waals surface area contributed by atoms with Gasteiger partial charge in [0, 0.05) is 29.1 Å². The first-order valence-corrected chi connectivity index (χ1v) is 12.9. The van der Waals surface area contributed by atoms with Crippen molar-refractivity contribution in [2.45, 2.75) is 57.2 Å². The van der Waals surface area contributed by atoms with E-state index in [1.165, 1.54) is 0 Å². The fraction of sp³-hybridized carbons (Fsp3) is 0.310. The van der Waals surface area contributed by atoms with Gasteiger partial charge in [0.15, 0.2) is 0 Å². The average Bonchev–Trinajstić information content (AvgIpc) is 3.36. The Balaban J connectivity index is 1.67. The summed E-state index contributed by atoms with van der Waals surface area (Å²) in [6.07, 6.45) is 4.75. The lowest BCUT2D eigenvalue weighted by molar-refractivity contribution is -0.141. The summed E-state index contributed by atoms with van der Waals surface area (Å²) < 4.78 is 0. The highest BCUT2D eigenvalue weighted by molar-refractivity contribution is 6.31. The van der Waals surface area contributed by atoms with E-state index in [0.29, 0.717) is 16.5 Å². The maximum Gasteiger partial charge on any atom is 0.243 e. The lowest BCUT2D eigenvalue weighted by Crippen LogP contribution is -2.52. The first-order valence-electron chi connectivity index (χ1n) is 12.1. The van der Waals surface area contributed by atoms with Crippen LogP contribution in [-0.4, -0.2) is 28.8 Å². The van der Waals surface area contributed by atoms with E-state index >= 15 is 0 Å². The molecule has 4 rings (SSSR count). The van der Waals surface area contributed by atoms with E-state index < -0.39 is 6.04 Å². The quantitative estimate of drug-likeness (QED) is 0.372. The molecule has 182 valence electrons. The van der Waals surface area contributed by atoms with Crippen LogP contribution in [0.4, 0.5) is 0 Å². The Labute approximate surface area is 217 Å². The van der Waals surface area contributed by atoms with Crippen molar-refractivity contribution in [2.75, 3.05) is 0 Å². The molecule has 0 heterocycles. The van der Waals surface area contributed by atoms with E-state index in [9.17, 15) is 9.59 Å². The highest BCUT2D eigenvalue weighted by atomic mass is 35.5. The van der Waals surface area contributed by atoms with Crippen LogP contribution in [0.25, 0.3) is 0 Å². The number of hydrogen-bond donors (Lipinski definition) is 1. The molecule has 0 unspecified atom stereocenters. The molecule has 3 aromatic carbocycles. The van der Waals surface area contributed by atoms with Crippen molar-refractivity contribution < 1.29 is 9.59 Å². The van der Waals surface area contributed by atoms with Crippen LogP contribution >= 0.6 is 23.2 Å². The summed E-state index contributed by atoms with van der Waals surface area (Å²) in [6, 6.07) is 24.1. The molecule has 2 amide bonds. The summed E-state index contributed by atoms with van der Waals surface area (Å²) in [5.41, 5.74) is 2.61. The number of amides is 2. The minimum absolute atomic E-state index is 0.118. The van der Waals surface area contributed by atoms with Crippen LogP contribution in [0.5, 0.6) is 0 Å². The number of rotatable bonds is 9. The Bertz CT molecular complexity index is 1150. The van der Waals surface area contributed by atoms with Crippen molar-refractivity contribution in [3.05, 3.63) is 106 Å². The fourth-order valence-corrected chi connectivity index (χ4v) is 5.06. The smallest absolute Gasteiger partial charge is 0.243 e. The minimum atomic E-state index is -0.666. The summed E-state index contributed by atoms with van der Waals surface area (Å²) in [4.78, 5) is 29.1. The molecule has 0 aromatic heterocycles. The Hall–Kier alpha value is -2.82. The monoisotopic (exact) mass is 508 g/mol. The lowest BCUT2D eigenvalue weighted by Gasteiger charge is -2.32. The second-order valence-electron chi connectivity index (χ2n) is 9.12. The van der Waals surface area contributed by atoms with E-state index in [0.717, 1.165) is 42.4 Å². The van der Waals surface area contributed by atoms with Gasteiger partial charge in [-0.3, -0.25) is 9.59 Å². The van der Waals surface area contributed by atoms with E-state index in [2.05, 4.69) is 5.32 Å². The third kappa shape index (κ3) is 7.09. The van der Waals surface area contributed by atoms with Crippen molar-refractivity contribution in [1.29, 1.82) is 0 Å². The standard InChI is InChI=1S/C29H30Cl2N2O2/c30-24-13-8-11-22(17-24)19-28(34)33(20-23-12-4-7-16-26(23)31)27(18-21-9-2-1-3-10-21)29(35)32-25-14-5-6-15-25/h1-4,7-13,16-17,25,27H,5-6,14-15,18-20H2,(H,32,35)/t27-/m0/s1. The molecule has 1 aliphatic carbocycles. The molecule has 1 atom stereocenters. The molecule has 6 heteroatoms. The summed E-state index contributed by atoms with van der Waals surface area (Å²) in [5.74, 6) is -0.262. The van der Waals surface area contributed by atoms with Crippen LogP contribution in [0, 0.1) is 0 Å². The van der Waals surface area contributed by atoms with Gasteiger partial charge in [0.25, 0.3) is 0 Å². The zero-order chi connectivity index (χ0) is 24.6. The molecule has 0 radical (unpaired) electrons. The zero-order valence-corrected chi connectivity index (χ0v) is 21.1. The SMILES string of the molecule is O=C(NC1CCCC1)[C@H](Cc1ccccc1)N(Cc1ccccc1Cl)C(=O)Cc1cccc(Cl)c1. The van der Waals surface area contributed by atoms with Crippen LogP contribution in [-0.2, 0) is 29.0 Å². The maximum atomic E-state index is 13.8. The number of carbonyl (C=O) groups excluding carboxylic acids is 2. The van der Waals surface area contributed by atoms with Crippen molar-refractivity contribution >= 4 is 35.0 Å². The van der Waals surface area contributed by atoms with Crippen LogP contribution < -0.4 is 5.32 Å². The summed E-state index contributed by atoms with van der Waals surface area (Å²) in [6.45, 7) is 0.245. The second kappa shape index (κ2) is 12.2. The van der Waals surface area contributed by atoms with E-state index in [1.807, 2.05) is 60.7 Å². The molecule has 0 aliphatic heterocycles. The summed E-state index contributed by atoms with van der Waals surface area (Å²) in [5, 5.41) is 4.37. The van der Waals surface area contributed by atoms with Gasteiger partial charge in [-0.15, -0.1) is 0 Å². The number of hydrogen-bond acceptors (Lipinski definition) is 2. The van der Waals surface area contributed by atoms with Crippen molar-refractivity contribution in [2.24, 2.45) is 0 Å². The van der Waals surface area contributed by atoms with Gasteiger partial charge >= 0.3 is 0 Å². The molecule has 0 spiro atoms. The number of benzene rings is 3. The first-order chi connectivity index (χ1) is 17.0. The predicted molar refractivity (Wildman–Crippen MR) is 141 cm³/mol. The highest BCUT2D eigenvalue weighted by Crippen LogP contribution is 2.23. The third-order valence-electron chi connectivity index (χ3n) is 6.52. The zero-order valence-electron chi connectivity index (χ0n) is 19.6. The van der Waals surface area contributed by atoms with Crippen molar-refractivity contribution in [1.82, 2.24) is 10.2 Å². The summed E-state index contributed by atoms with van der Waals surface area (Å²) in [7, 11) is 0. The van der Waals surface area contributed by atoms with Gasteiger partial charge in [0.05, 0.1) is 6.42 Å². The van der Waals surface area contributed by atoms with Gasteiger partial charge in [-0.25, -0.2) is 0 Å². The third-order valence-corrected chi connectivity index (χ3v) is 7.12. The van der Waals surface area contributed by atoms with E-state index in [4.69, 9.17) is 23.2 Å². The largest absolute Gasteiger partial charge is 0.352 e. The Morgan fingerprint density at radius 2 is 1.57 bits per heavy atom. The first kappa shape index (κ1) is 25.3. The fourth-order valence-electron chi connectivity index (χ4n) is 4.65. The molecule has 1 saturated carbocycles. The van der Waals surface area contributed by atoms with Gasteiger partial charge in [-0.2, -0.15) is 0 Å². The Kier molecular flexibility index (Phi) is 8.84. The summed E-state index contributed by atoms with van der Waals surface area (Å²) >= 11 is 12.6. The molecule has 1 aliphatic rings. The molecule has 4 nitrogen and oxygen atoms in total. The lowest BCUT2D eigenvalue weighted by atomic mass is 10.0. The molecular weight excluding hydrogens is 479 g/mol. The number of nitrogens with zero attached hydrogens (tertiary/aromatic N) is 1. The van der Waals surface area contributed by atoms with Crippen LogP contribution in [0.3, 0.4) is 0 Å². The molecule has 1 N–H and O–H groups in total. The number of nitrogens with one attached hydrogen (secondary N) is 1. The molecule has 35 heavy (non-hydrogen) atoms. The van der Waals surface area contributed by atoms with Crippen LogP contribution in [0.1, 0.15) is 42.4 Å². The van der Waals surface area contributed by atoms with Gasteiger partial charge < -0.3 is 10.2 Å². The van der Waals surface area contributed by atoms with Crippen LogP contribution in [0.2, 0.25) is 10.0 Å². The van der Waals surface area contributed by atoms with E-state index in [-0.39, 0.29) is 30.8 Å².